The molecule has 0 spiro atoms. The molecule has 1 aliphatic heterocycles. The van der Waals surface area contributed by atoms with Gasteiger partial charge in [-0.3, -0.25) is 19.3 Å². The van der Waals surface area contributed by atoms with E-state index < -0.39 is 53.2 Å². The molecule has 1 aliphatic rings. The quantitative estimate of drug-likeness (QED) is 0.658. The van der Waals surface area contributed by atoms with E-state index in [1.54, 1.807) is 0 Å². The lowest BCUT2D eigenvalue weighted by atomic mass is 9.93. The Morgan fingerprint density at radius 2 is 1.88 bits per heavy atom. The average molecular weight is 487 g/mol. The number of carbonyl (C=O) groups is 3. The number of alkyl halides is 3. The topological polar surface area (TPSA) is 82.6 Å². The van der Waals surface area contributed by atoms with E-state index in [1.165, 1.54) is 26.0 Å². The van der Waals surface area contributed by atoms with E-state index in [1.807, 2.05) is 0 Å². The van der Waals surface area contributed by atoms with Gasteiger partial charge < -0.3 is 10.2 Å². The van der Waals surface area contributed by atoms with E-state index in [-0.39, 0.29) is 18.1 Å². The van der Waals surface area contributed by atoms with Gasteiger partial charge in [0, 0.05) is 26.2 Å². The van der Waals surface area contributed by atoms with Crippen LogP contribution < -0.4 is 10.2 Å². The molecule has 0 aliphatic carbocycles. The number of piperazine rings is 1. The van der Waals surface area contributed by atoms with Crippen molar-refractivity contribution in [3.8, 4) is 0 Å². The molecule has 1 atom stereocenters. The van der Waals surface area contributed by atoms with Crippen molar-refractivity contribution in [1.82, 2.24) is 15.2 Å². The molecule has 3 rings (SSSR count). The smallest absolute Gasteiger partial charge is 0.353 e. The summed E-state index contributed by atoms with van der Waals surface area (Å²) in [6.07, 6.45) is -3.40. The molecule has 3 amide bonds. The van der Waals surface area contributed by atoms with Gasteiger partial charge in [-0.1, -0.05) is 23.7 Å². The summed E-state index contributed by atoms with van der Waals surface area (Å²) >= 11 is 5.72. The van der Waals surface area contributed by atoms with Crippen LogP contribution >= 0.6 is 11.6 Å². The normalized spacial score (nSPS) is 19.1. The SMILES string of the molecule is CC(=O)NCC1(C)C(=O)N(c2ncc(Cl)cc2F)CC(=O)N1Cc1ccc(C(F)(F)F)cc1. The zero-order valence-electron chi connectivity index (χ0n) is 17.5. The van der Waals surface area contributed by atoms with Gasteiger partial charge in [-0.2, -0.15) is 13.2 Å². The first-order valence-electron chi connectivity index (χ1n) is 9.67. The van der Waals surface area contributed by atoms with Crippen LogP contribution in [0.4, 0.5) is 23.4 Å². The molecule has 1 fully saturated rings. The Kier molecular flexibility index (Phi) is 6.64. The maximum atomic E-state index is 14.5. The number of nitrogens with one attached hydrogen (secondary N) is 1. The molecule has 7 nitrogen and oxygen atoms in total. The number of pyridine rings is 1. The van der Waals surface area contributed by atoms with Crippen molar-refractivity contribution in [3.63, 3.8) is 0 Å². The first-order valence-corrected chi connectivity index (χ1v) is 10.0. The van der Waals surface area contributed by atoms with Gasteiger partial charge in [0.1, 0.15) is 12.1 Å². The van der Waals surface area contributed by atoms with Gasteiger partial charge in [-0.25, -0.2) is 9.37 Å². The molecule has 0 bridgehead atoms. The summed E-state index contributed by atoms with van der Waals surface area (Å²) in [6, 6.07) is 5.09. The lowest BCUT2D eigenvalue weighted by Gasteiger charge is -2.47. The molecule has 2 heterocycles. The van der Waals surface area contributed by atoms with Crippen molar-refractivity contribution in [2.45, 2.75) is 32.1 Å². The summed E-state index contributed by atoms with van der Waals surface area (Å²) in [6.45, 7) is 1.53. The van der Waals surface area contributed by atoms with Crippen LogP contribution in [0.25, 0.3) is 0 Å². The van der Waals surface area contributed by atoms with Crippen molar-refractivity contribution in [1.29, 1.82) is 0 Å². The standard InChI is InChI=1S/C21H19ClF4N4O3/c1-12(31)28-11-20(2)19(33)29(18-16(23)7-15(22)8-27-18)10-17(32)30(20)9-13-3-5-14(6-4-13)21(24,25)26/h3-8H,9-11H2,1-2H3,(H,28,31). The lowest BCUT2D eigenvalue weighted by molar-refractivity contribution is -0.151. The van der Waals surface area contributed by atoms with Gasteiger partial charge in [0.2, 0.25) is 11.8 Å². The van der Waals surface area contributed by atoms with Crippen LogP contribution in [0.15, 0.2) is 36.5 Å². The lowest BCUT2D eigenvalue weighted by Crippen LogP contribution is -2.70. The first-order chi connectivity index (χ1) is 15.3. The second-order valence-corrected chi connectivity index (χ2v) is 8.14. The zero-order chi connectivity index (χ0) is 24.6. The molecule has 1 aromatic carbocycles. The molecule has 0 radical (unpaired) electrons. The molecule has 12 heteroatoms. The molecular formula is C21H19ClF4N4O3. The third-order valence-electron chi connectivity index (χ3n) is 5.24. The highest BCUT2D eigenvalue weighted by Gasteiger charge is 2.50. The molecule has 176 valence electrons. The van der Waals surface area contributed by atoms with Crippen molar-refractivity contribution in [2.24, 2.45) is 0 Å². The van der Waals surface area contributed by atoms with Gasteiger partial charge in [0.15, 0.2) is 11.6 Å². The first kappa shape index (κ1) is 24.4. The maximum absolute atomic E-state index is 14.5. The highest BCUT2D eigenvalue weighted by molar-refractivity contribution is 6.30. The number of amides is 3. The number of anilines is 1. The fourth-order valence-electron chi connectivity index (χ4n) is 3.46. The fraction of sp³-hybridized carbons (Fsp3) is 0.333. The Labute approximate surface area is 191 Å². The Bertz CT molecular complexity index is 1090. The van der Waals surface area contributed by atoms with E-state index in [0.29, 0.717) is 5.56 Å². The van der Waals surface area contributed by atoms with Gasteiger partial charge in [0.25, 0.3) is 5.91 Å². The summed E-state index contributed by atoms with van der Waals surface area (Å²) in [5, 5.41) is 2.48. The summed E-state index contributed by atoms with van der Waals surface area (Å²) in [4.78, 5) is 43.8. The predicted octanol–water partition coefficient (Wildman–Crippen LogP) is 3.16. The van der Waals surface area contributed by atoms with Crippen molar-refractivity contribution < 1.29 is 31.9 Å². The molecule has 33 heavy (non-hydrogen) atoms. The van der Waals surface area contributed by atoms with Crippen LogP contribution in [0.3, 0.4) is 0 Å². The second-order valence-electron chi connectivity index (χ2n) is 7.71. The zero-order valence-corrected chi connectivity index (χ0v) is 18.3. The molecule has 1 N–H and O–H groups in total. The van der Waals surface area contributed by atoms with Crippen LogP contribution in [0, 0.1) is 5.82 Å². The van der Waals surface area contributed by atoms with Crippen LogP contribution in [0.1, 0.15) is 25.0 Å². The number of halogens is 5. The van der Waals surface area contributed by atoms with Crippen LogP contribution in [-0.4, -0.2) is 46.2 Å². The third-order valence-corrected chi connectivity index (χ3v) is 5.45. The summed E-state index contributed by atoms with van der Waals surface area (Å²) in [5.74, 6) is -3.13. The molecule has 1 saturated heterocycles. The van der Waals surface area contributed by atoms with E-state index in [9.17, 15) is 31.9 Å². The van der Waals surface area contributed by atoms with E-state index >= 15 is 0 Å². The Balaban J connectivity index is 1.96. The number of carbonyl (C=O) groups excluding carboxylic acids is 3. The monoisotopic (exact) mass is 486 g/mol. The number of nitrogens with zero attached hydrogens (tertiary/aromatic N) is 3. The Morgan fingerprint density at radius 3 is 2.42 bits per heavy atom. The van der Waals surface area contributed by atoms with E-state index in [4.69, 9.17) is 11.6 Å². The largest absolute Gasteiger partial charge is 0.416 e. The van der Waals surface area contributed by atoms with Gasteiger partial charge in [-0.15, -0.1) is 0 Å². The average Bonchev–Trinajstić information content (AvgIpc) is 2.73. The number of hydrogen-bond acceptors (Lipinski definition) is 4. The molecule has 1 unspecified atom stereocenters. The minimum atomic E-state index is -4.52. The van der Waals surface area contributed by atoms with Gasteiger partial charge >= 0.3 is 6.18 Å². The molecule has 2 aromatic rings. The fourth-order valence-corrected chi connectivity index (χ4v) is 3.61. The summed E-state index contributed by atoms with van der Waals surface area (Å²) < 4.78 is 53.0. The molecular weight excluding hydrogens is 468 g/mol. The van der Waals surface area contributed by atoms with Gasteiger partial charge in [-0.05, 0) is 30.7 Å². The van der Waals surface area contributed by atoms with Crippen molar-refractivity contribution >= 4 is 35.1 Å². The van der Waals surface area contributed by atoms with Crippen molar-refractivity contribution in [3.05, 3.63) is 58.5 Å². The van der Waals surface area contributed by atoms with E-state index in [0.717, 1.165) is 34.2 Å². The van der Waals surface area contributed by atoms with Gasteiger partial charge in [0.05, 0.1) is 10.6 Å². The summed E-state index contributed by atoms with van der Waals surface area (Å²) in [7, 11) is 0. The minimum Gasteiger partial charge on any atom is -0.353 e. The number of hydrogen-bond donors (Lipinski definition) is 1. The highest BCUT2D eigenvalue weighted by atomic mass is 35.5. The second kappa shape index (κ2) is 8.97. The predicted molar refractivity (Wildman–Crippen MR) is 111 cm³/mol. The summed E-state index contributed by atoms with van der Waals surface area (Å²) in [5.41, 5.74) is -2.19. The number of rotatable bonds is 5. The number of benzene rings is 1. The van der Waals surface area contributed by atoms with Crippen molar-refractivity contribution in [2.75, 3.05) is 18.0 Å². The Morgan fingerprint density at radius 1 is 1.24 bits per heavy atom. The van der Waals surface area contributed by atoms with E-state index in [2.05, 4.69) is 10.3 Å². The molecule has 0 saturated carbocycles. The maximum Gasteiger partial charge on any atom is 0.416 e. The molecule has 1 aromatic heterocycles. The minimum absolute atomic E-state index is 0.00280. The highest BCUT2D eigenvalue weighted by Crippen LogP contribution is 2.32. The number of aromatic nitrogens is 1. The Hall–Kier alpha value is -3.21. The van der Waals surface area contributed by atoms with Crippen LogP contribution in [-0.2, 0) is 27.1 Å². The third kappa shape index (κ3) is 5.08. The van der Waals surface area contributed by atoms with Crippen LogP contribution in [0.5, 0.6) is 0 Å². The van der Waals surface area contributed by atoms with Crippen LogP contribution in [0.2, 0.25) is 5.02 Å².